The van der Waals surface area contributed by atoms with E-state index >= 15 is 0 Å². The van der Waals surface area contributed by atoms with Gasteiger partial charge in [0.1, 0.15) is 10.8 Å². The van der Waals surface area contributed by atoms with Crippen LogP contribution in [0.2, 0.25) is 0 Å². The summed E-state index contributed by atoms with van der Waals surface area (Å²) in [5.74, 6) is 0.723. The maximum atomic E-state index is 12.3. The molecule has 11 heteroatoms. The highest BCUT2D eigenvalue weighted by molar-refractivity contribution is 9.10. The molecule has 0 spiro atoms. The molecule has 0 radical (unpaired) electrons. The Morgan fingerprint density at radius 3 is 2.51 bits per heavy atom. The van der Waals surface area contributed by atoms with Gasteiger partial charge in [-0.2, -0.15) is 8.42 Å². The number of methoxy groups -OCH3 is 1. The number of aromatic nitrogens is 1. The van der Waals surface area contributed by atoms with E-state index in [1.807, 2.05) is 44.3 Å². The first-order valence-electron chi connectivity index (χ1n) is 12.9. The maximum Gasteiger partial charge on any atom is 0.297 e. The Morgan fingerprint density at radius 2 is 1.78 bits per heavy atom. The minimum atomic E-state index is -3.79. The van der Waals surface area contributed by atoms with Gasteiger partial charge in [0.25, 0.3) is 10.1 Å². The zero-order valence-electron chi connectivity index (χ0n) is 23.4. The van der Waals surface area contributed by atoms with Crippen molar-refractivity contribution in [3.63, 3.8) is 0 Å². The van der Waals surface area contributed by atoms with Crippen molar-refractivity contribution in [2.75, 3.05) is 52.2 Å². The van der Waals surface area contributed by atoms with E-state index in [2.05, 4.69) is 39.9 Å². The number of aryl methyl sites for hydroxylation is 2. The third-order valence-electron chi connectivity index (χ3n) is 6.19. The molecule has 0 aliphatic rings. The summed E-state index contributed by atoms with van der Waals surface area (Å²) in [4.78, 5) is 7.05. The summed E-state index contributed by atoms with van der Waals surface area (Å²) in [7, 11) is -0.190. The van der Waals surface area contributed by atoms with Crippen LogP contribution in [0.4, 0.5) is 5.69 Å². The smallest absolute Gasteiger partial charge is 0.297 e. The molecule has 41 heavy (non-hydrogen) atoms. The Bertz CT molecular complexity index is 1600. The van der Waals surface area contributed by atoms with Crippen molar-refractivity contribution in [3.05, 3.63) is 80.8 Å². The second-order valence-electron chi connectivity index (χ2n) is 9.36. The Kier molecular flexibility index (Phi) is 10.9. The lowest BCUT2D eigenvalue weighted by Gasteiger charge is -2.21. The first kappa shape index (κ1) is 31.1. The van der Waals surface area contributed by atoms with Crippen molar-refractivity contribution in [2.45, 2.75) is 18.7 Å². The molecule has 0 saturated heterocycles. The summed E-state index contributed by atoms with van der Waals surface area (Å²) in [6.07, 6.45) is 4.03. The lowest BCUT2D eigenvalue weighted by atomic mass is 10.1. The van der Waals surface area contributed by atoms with Crippen LogP contribution in [0.25, 0.3) is 22.4 Å². The summed E-state index contributed by atoms with van der Waals surface area (Å²) < 4.78 is 47.7. The van der Waals surface area contributed by atoms with E-state index in [1.165, 1.54) is 0 Å². The number of halogens is 1. The lowest BCUT2D eigenvalue weighted by molar-refractivity contribution is 0.0506. The number of likely N-dealkylation sites (N-methyl/N-ethyl adjacent to an activating group) is 1. The second kappa shape index (κ2) is 14.4. The molecule has 218 valence electrons. The quantitative estimate of drug-likeness (QED) is 0.0840. The number of hydrogen-bond acceptors (Lipinski definition) is 9. The average molecular weight is 662 g/mol. The van der Waals surface area contributed by atoms with E-state index in [0.29, 0.717) is 13.2 Å². The minimum Gasteiger partial charge on any atom is -0.466 e. The topological polar surface area (TPSA) is 87.2 Å². The molecule has 8 nitrogen and oxygen atoms in total. The summed E-state index contributed by atoms with van der Waals surface area (Å²) in [6.45, 7) is 5.38. The maximum absolute atomic E-state index is 12.3. The number of benzene rings is 3. The monoisotopic (exact) mass is 660 g/mol. The Balaban J connectivity index is 1.29. The fourth-order valence-electron chi connectivity index (χ4n) is 4.00. The van der Waals surface area contributed by atoms with Gasteiger partial charge >= 0.3 is 0 Å². The zero-order chi connectivity index (χ0) is 29.4. The molecule has 0 fully saturated rings. The molecule has 4 aromatic rings. The molecule has 0 atom stereocenters. The number of ether oxygens (including phenoxy) is 3. The highest BCUT2D eigenvalue weighted by Crippen LogP contribution is 2.31. The van der Waals surface area contributed by atoms with Gasteiger partial charge < -0.3 is 19.1 Å². The number of thiazole rings is 1. The summed E-state index contributed by atoms with van der Waals surface area (Å²) in [5, 5.41) is 0.916. The first-order chi connectivity index (χ1) is 19.7. The van der Waals surface area contributed by atoms with Crippen molar-refractivity contribution in [2.24, 2.45) is 0 Å². The molecular formula is C30H33BrN2O6S2. The van der Waals surface area contributed by atoms with Crippen molar-refractivity contribution in [3.8, 4) is 5.75 Å². The third-order valence-corrected chi connectivity index (χ3v) is 9.12. The molecule has 0 N–H and O–H groups in total. The molecule has 3 aromatic carbocycles. The Hall–Kier alpha value is -2.80. The molecular weight excluding hydrogens is 628 g/mol. The fraction of sp³-hybridized carbons (Fsp3) is 0.300. The first-order valence-corrected chi connectivity index (χ1v) is 15.9. The van der Waals surface area contributed by atoms with Crippen LogP contribution in [0.1, 0.15) is 21.7 Å². The fourth-order valence-corrected chi connectivity index (χ4v) is 6.28. The van der Waals surface area contributed by atoms with Crippen molar-refractivity contribution >= 4 is 65.4 Å². The number of nitrogens with zero attached hydrogens (tertiary/aromatic N) is 2. The molecule has 0 saturated carbocycles. The number of anilines is 1. The molecule has 0 aliphatic heterocycles. The van der Waals surface area contributed by atoms with Gasteiger partial charge in [-0.1, -0.05) is 29.8 Å². The van der Waals surface area contributed by atoms with Gasteiger partial charge in [0, 0.05) is 26.4 Å². The number of fused-ring (bicyclic) bond motifs is 1. The molecule has 0 unspecified atom stereocenters. The van der Waals surface area contributed by atoms with Crippen molar-refractivity contribution in [1.29, 1.82) is 0 Å². The largest absolute Gasteiger partial charge is 0.466 e. The van der Waals surface area contributed by atoms with Gasteiger partial charge in [-0.25, -0.2) is 4.98 Å². The highest BCUT2D eigenvalue weighted by atomic mass is 79.9. The molecule has 0 amide bonds. The summed E-state index contributed by atoms with van der Waals surface area (Å²) in [5.41, 5.74) is 5.17. The van der Waals surface area contributed by atoms with Crippen LogP contribution >= 0.6 is 27.3 Å². The van der Waals surface area contributed by atoms with E-state index in [1.54, 1.807) is 42.7 Å². The van der Waals surface area contributed by atoms with Crippen LogP contribution in [0.5, 0.6) is 5.75 Å². The average Bonchev–Trinajstić information content (AvgIpc) is 3.34. The van der Waals surface area contributed by atoms with E-state index in [-0.39, 0.29) is 24.9 Å². The van der Waals surface area contributed by atoms with Crippen LogP contribution in [0.15, 0.2) is 64.0 Å². The normalized spacial score (nSPS) is 11.9. The highest BCUT2D eigenvalue weighted by Gasteiger charge is 2.15. The van der Waals surface area contributed by atoms with Crippen molar-refractivity contribution < 1.29 is 26.8 Å². The van der Waals surface area contributed by atoms with E-state index < -0.39 is 10.1 Å². The van der Waals surface area contributed by atoms with Gasteiger partial charge in [0.2, 0.25) is 0 Å². The van der Waals surface area contributed by atoms with Crippen LogP contribution in [0, 0.1) is 13.8 Å². The van der Waals surface area contributed by atoms with Gasteiger partial charge in [-0.3, -0.25) is 4.18 Å². The number of hydrogen-bond donors (Lipinski definition) is 0. The Morgan fingerprint density at radius 1 is 1.00 bits per heavy atom. The van der Waals surface area contributed by atoms with E-state index in [9.17, 15) is 8.42 Å². The third kappa shape index (κ3) is 8.60. The Labute approximate surface area is 253 Å². The van der Waals surface area contributed by atoms with Gasteiger partial charge in [0.15, 0.2) is 6.79 Å². The van der Waals surface area contributed by atoms with E-state index in [4.69, 9.17) is 23.4 Å². The SMILES string of the molecule is COCOc1ccc(C=Cc2nc3cc(C)c(N(C)CCOCCOS(=O)(=O)c4ccc(C)cc4)cc3s2)cc1Br. The van der Waals surface area contributed by atoms with Crippen LogP contribution in [-0.2, 0) is 23.8 Å². The van der Waals surface area contributed by atoms with Crippen LogP contribution in [-0.4, -0.2) is 60.7 Å². The standard InChI is InChI=1S/C30H33BrN2O6S2/c1-21-5-9-24(10-6-21)41(34,35)39-16-15-37-14-13-33(3)27-19-29-26(17-22(27)2)32-30(40-29)12-8-23-7-11-28(25(31)18-23)38-20-36-4/h5-12,17-19H,13-16,20H2,1-4H3. The van der Waals surface area contributed by atoms with Gasteiger partial charge in [-0.15, -0.1) is 11.3 Å². The summed E-state index contributed by atoms with van der Waals surface area (Å²) in [6, 6.07) is 16.7. The predicted octanol–water partition coefficient (Wildman–Crippen LogP) is 6.69. The summed E-state index contributed by atoms with van der Waals surface area (Å²) >= 11 is 5.17. The van der Waals surface area contributed by atoms with Crippen LogP contribution in [0.3, 0.4) is 0 Å². The lowest BCUT2D eigenvalue weighted by Crippen LogP contribution is -2.24. The van der Waals surface area contributed by atoms with Gasteiger partial charge in [0.05, 0.1) is 39.4 Å². The molecule has 0 bridgehead atoms. The second-order valence-corrected chi connectivity index (χ2v) is 12.9. The zero-order valence-corrected chi connectivity index (χ0v) is 26.6. The number of rotatable bonds is 14. The predicted molar refractivity (Wildman–Crippen MR) is 168 cm³/mol. The van der Waals surface area contributed by atoms with E-state index in [0.717, 1.165) is 47.8 Å². The minimum absolute atomic E-state index is 0.0369. The molecule has 1 heterocycles. The van der Waals surface area contributed by atoms with Crippen LogP contribution < -0.4 is 9.64 Å². The molecule has 1 aromatic heterocycles. The molecule has 0 aliphatic carbocycles. The van der Waals surface area contributed by atoms with Crippen molar-refractivity contribution in [1.82, 2.24) is 4.98 Å². The molecule has 4 rings (SSSR count). The van der Waals surface area contributed by atoms with Gasteiger partial charge in [-0.05, 0) is 83.4 Å².